The topological polar surface area (TPSA) is 41.1 Å². The Morgan fingerprint density at radius 1 is 1.12 bits per heavy atom. The highest BCUT2D eigenvalue weighted by Crippen LogP contribution is 2.26. The minimum absolute atomic E-state index is 0.0228. The first-order chi connectivity index (χ1) is 12.5. The molecule has 1 heterocycles. The molecule has 7 heteroatoms. The van der Waals surface area contributed by atoms with Crippen LogP contribution in [0.4, 0.5) is 14.5 Å². The lowest BCUT2D eigenvalue weighted by atomic mass is 10.1. The summed E-state index contributed by atoms with van der Waals surface area (Å²) < 4.78 is 26.4. The quantitative estimate of drug-likeness (QED) is 0.620. The smallest absolute Gasteiger partial charge is 0.238 e. The highest BCUT2D eigenvalue weighted by Gasteiger charge is 2.16. The first kappa shape index (κ1) is 18.5. The SMILES string of the molecule is O=C(CNC(c1ccc(F)cc1)c1cccs1)Nc1ccc(F)c(Cl)c1. The molecule has 0 bridgehead atoms. The zero-order chi connectivity index (χ0) is 18.5. The van der Waals surface area contributed by atoms with Crippen molar-refractivity contribution in [3.63, 3.8) is 0 Å². The number of nitrogens with one attached hydrogen (secondary N) is 2. The molecular weight excluding hydrogens is 378 g/mol. The maximum Gasteiger partial charge on any atom is 0.238 e. The van der Waals surface area contributed by atoms with Crippen LogP contribution in [0, 0.1) is 11.6 Å². The van der Waals surface area contributed by atoms with E-state index in [1.54, 1.807) is 23.5 Å². The van der Waals surface area contributed by atoms with E-state index in [1.807, 2.05) is 17.5 Å². The molecule has 26 heavy (non-hydrogen) atoms. The minimum atomic E-state index is -0.545. The highest BCUT2D eigenvalue weighted by atomic mass is 35.5. The number of thiophene rings is 1. The van der Waals surface area contributed by atoms with E-state index < -0.39 is 5.82 Å². The predicted molar refractivity (Wildman–Crippen MR) is 101 cm³/mol. The minimum Gasteiger partial charge on any atom is -0.325 e. The van der Waals surface area contributed by atoms with Gasteiger partial charge in [-0.05, 0) is 47.3 Å². The summed E-state index contributed by atoms with van der Waals surface area (Å²) >= 11 is 7.26. The van der Waals surface area contributed by atoms with Crippen LogP contribution in [-0.2, 0) is 4.79 Å². The molecule has 1 atom stereocenters. The number of anilines is 1. The fourth-order valence-corrected chi connectivity index (χ4v) is 3.47. The van der Waals surface area contributed by atoms with Crippen LogP contribution in [0.1, 0.15) is 16.5 Å². The lowest BCUT2D eigenvalue weighted by Crippen LogP contribution is -2.31. The molecule has 3 rings (SSSR count). The maximum absolute atomic E-state index is 13.2. The van der Waals surface area contributed by atoms with Gasteiger partial charge in [-0.2, -0.15) is 0 Å². The largest absolute Gasteiger partial charge is 0.325 e. The summed E-state index contributed by atoms with van der Waals surface area (Å²) in [5.41, 5.74) is 1.27. The third kappa shape index (κ3) is 4.66. The summed E-state index contributed by atoms with van der Waals surface area (Å²) in [7, 11) is 0. The second-order valence-corrected chi connectivity index (χ2v) is 6.94. The number of hydrogen-bond donors (Lipinski definition) is 2. The number of benzene rings is 2. The van der Waals surface area contributed by atoms with Crippen molar-refractivity contribution in [2.45, 2.75) is 6.04 Å². The van der Waals surface area contributed by atoms with Gasteiger partial charge >= 0.3 is 0 Å². The molecular formula is C19H15ClF2N2OS. The highest BCUT2D eigenvalue weighted by molar-refractivity contribution is 7.10. The Hall–Kier alpha value is -2.28. The first-order valence-electron chi connectivity index (χ1n) is 7.80. The summed E-state index contributed by atoms with van der Waals surface area (Å²) in [6.45, 7) is 0.0228. The third-order valence-electron chi connectivity index (χ3n) is 3.70. The van der Waals surface area contributed by atoms with Crippen LogP contribution in [0.15, 0.2) is 60.0 Å². The van der Waals surface area contributed by atoms with E-state index >= 15 is 0 Å². The molecule has 1 unspecified atom stereocenters. The molecule has 3 aromatic rings. The lowest BCUT2D eigenvalue weighted by Gasteiger charge is -2.18. The second kappa shape index (κ2) is 8.40. The number of hydrogen-bond acceptors (Lipinski definition) is 3. The van der Waals surface area contributed by atoms with Gasteiger partial charge in [0.25, 0.3) is 0 Å². The fraction of sp³-hybridized carbons (Fsp3) is 0.105. The van der Waals surface area contributed by atoms with Crippen molar-refractivity contribution in [2.24, 2.45) is 0 Å². The Labute approximate surface area is 158 Å². The van der Waals surface area contributed by atoms with Gasteiger partial charge in [0.05, 0.1) is 17.6 Å². The van der Waals surface area contributed by atoms with Crippen LogP contribution in [0.25, 0.3) is 0 Å². The van der Waals surface area contributed by atoms with Gasteiger partial charge in [0.1, 0.15) is 11.6 Å². The Morgan fingerprint density at radius 2 is 1.88 bits per heavy atom. The Balaban J connectivity index is 1.68. The van der Waals surface area contributed by atoms with Gasteiger partial charge in [-0.25, -0.2) is 8.78 Å². The number of halogens is 3. The van der Waals surface area contributed by atoms with Crippen molar-refractivity contribution < 1.29 is 13.6 Å². The van der Waals surface area contributed by atoms with Gasteiger partial charge in [0, 0.05) is 10.6 Å². The Bertz CT molecular complexity index is 885. The van der Waals surface area contributed by atoms with Gasteiger partial charge in [-0.15, -0.1) is 11.3 Å². The van der Waals surface area contributed by atoms with E-state index in [4.69, 9.17) is 11.6 Å². The number of rotatable bonds is 6. The van der Waals surface area contributed by atoms with Crippen molar-refractivity contribution >= 4 is 34.5 Å². The zero-order valence-electron chi connectivity index (χ0n) is 13.5. The first-order valence-corrected chi connectivity index (χ1v) is 9.06. The molecule has 0 saturated heterocycles. The molecule has 3 nitrogen and oxygen atoms in total. The lowest BCUT2D eigenvalue weighted by molar-refractivity contribution is -0.115. The molecule has 0 aliphatic carbocycles. The second-order valence-electron chi connectivity index (χ2n) is 5.56. The number of carbonyl (C=O) groups excluding carboxylic acids is 1. The molecule has 2 N–H and O–H groups in total. The van der Waals surface area contributed by atoms with Crippen molar-refractivity contribution in [1.82, 2.24) is 5.32 Å². The van der Waals surface area contributed by atoms with Crippen molar-refractivity contribution in [1.29, 1.82) is 0 Å². The molecule has 0 fully saturated rings. The monoisotopic (exact) mass is 392 g/mol. The van der Waals surface area contributed by atoms with E-state index in [0.29, 0.717) is 5.69 Å². The van der Waals surface area contributed by atoms with Gasteiger partial charge in [0.15, 0.2) is 0 Å². The van der Waals surface area contributed by atoms with Crippen LogP contribution < -0.4 is 10.6 Å². The Morgan fingerprint density at radius 3 is 2.54 bits per heavy atom. The normalized spacial score (nSPS) is 12.0. The standard InChI is InChI=1S/C19H15ClF2N2OS/c20-15-10-14(7-8-16(15)22)24-18(25)11-23-19(17-2-1-9-26-17)12-3-5-13(21)6-4-12/h1-10,19,23H,11H2,(H,24,25). The number of carbonyl (C=O) groups is 1. The summed E-state index contributed by atoms with van der Waals surface area (Å²) in [6, 6.07) is 13.8. The van der Waals surface area contributed by atoms with Crippen molar-refractivity contribution in [2.75, 3.05) is 11.9 Å². The summed E-state index contributed by atoms with van der Waals surface area (Å²) in [6.07, 6.45) is 0. The van der Waals surface area contributed by atoms with Gasteiger partial charge in [-0.3, -0.25) is 10.1 Å². The van der Waals surface area contributed by atoms with Crippen LogP contribution >= 0.6 is 22.9 Å². The molecule has 2 aromatic carbocycles. The van der Waals surface area contributed by atoms with Crippen molar-refractivity contribution in [3.8, 4) is 0 Å². The molecule has 0 saturated carbocycles. The molecule has 0 aliphatic heterocycles. The van der Waals surface area contributed by atoms with E-state index in [0.717, 1.165) is 10.4 Å². The summed E-state index contributed by atoms with van der Waals surface area (Å²) in [4.78, 5) is 13.2. The molecule has 1 amide bonds. The predicted octanol–water partition coefficient (Wildman–Crippen LogP) is 5.00. The molecule has 1 aromatic heterocycles. The van der Waals surface area contributed by atoms with Crippen LogP contribution in [0.3, 0.4) is 0 Å². The molecule has 134 valence electrons. The van der Waals surface area contributed by atoms with Crippen LogP contribution in [0.5, 0.6) is 0 Å². The fourth-order valence-electron chi connectivity index (χ4n) is 2.47. The van der Waals surface area contributed by atoms with Gasteiger partial charge in [-0.1, -0.05) is 29.8 Å². The van der Waals surface area contributed by atoms with E-state index in [9.17, 15) is 13.6 Å². The third-order valence-corrected chi connectivity index (χ3v) is 4.93. The number of amides is 1. The van der Waals surface area contributed by atoms with Crippen LogP contribution in [-0.4, -0.2) is 12.5 Å². The van der Waals surface area contributed by atoms with Crippen molar-refractivity contribution in [3.05, 3.63) is 87.1 Å². The van der Waals surface area contributed by atoms with Gasteiger partial charge in [0.2, 0.25) is 5.91 Å². The van der Waals surface area contributed by atoms with E-state index in [2.05, 4.69) is 10.6 Å². The molecule has 0 radical (unpaired) electrons. The zero-order valence-corrected chi connectivity index (χ0v) is 15.1. The summed E-state index contributed by atoms with van der Waals surface area (Å²) in [5, 5.41) is 7.72. The average Bonchev–Trinajstić information content (AvgIpc) is 3.14. The molecule has 0 spiro atoms. The maximum atomic E-state index is 13.2. The Kier molecular flexibility index (Phi) is 5.98. The van der Waals surface area contributed by atoms with E-state index in [1.165, 1.54) is 30.3 Å². The summed E-state index contributed by atoms with van der Waals surface area (Å²) in [5.74, 6) is -1.15. The van der Waals surface area contributed by atoms with Gasteiger partial charge < -0.3 is 5.32 Å². The van der Waals surface area contributed by atoms with E-state index in [-0.39, 0.29) is 29.3 Å². The average molecular weight is 393 g/mol. The molecule has 0 aliphatic rings. The van der Waals surface area contributed by atoms with Crippen LogP contribution in [0.2, 0.25) is 5.02 Å².